The Balaban J connectivity index is 1.75. The van der Waals surface area contributed by atoms with Gasteiger partial charge in [-0.05, 0) is 74.6 Å². The van der Waals surface area contributed by atoms with Gasteiger partial charge in [0.1, 0.15) is 0 Å². The van der Waals surface area contributed by atoms with Crippen LogP contribution >= 0.6 is 0 Å². The molecule has 0 heteroatoms. The van der Waals surface area contributed by atoms with Gasteiger partial charge in [-0.3, -0.25) is 0 Å². The van der Waals surface area contributed by atoms with Crippen LogP contribution in [0.4, 0.5) is 0 Å². The first kappa shape index (κ1) is 24.5. The van der Waals surface area contributed by atoms with Crippen molar-refractivity contribution in [3.8, 4) is 22.3 Å². The van der Waals surface area contributed by atoms with E-state index in [1.807, 2.05) is 0 Å². The maximum atomic E-state index is 2.50. The second-order valence-corrected chi connectivity index (χ2v) is 12.1. The van der Waals surface area contributed by atoms with Crippen molar-refractivity contribution >= 4 is 6.08 Å². The van der Waals surface area contributed by atoms with Gasteiger partial charge in [0, 0.05) is 0 Å². The van der Waals surface area contributed by atoms with Gasteiger partial charge in [0.25, 0.3) is 0 Å². The molecule has 0 aromatic heterocycles. The zero-order chi connectivity index (χ0) is 24.5. The Morgan fingerprint density at radius 1 is 0.618 bits per heavy atom. The normalized spacial score (nSPS) is 13.7. The van der Waals surface area contributed by atoms with Crippen molar-refractivity contribution in [2.24, 2.45) is 0 Å². The van der Waals surface area contributed by atoms with Gasteiger partial charge in [0.15, 0.2) is 0 Å². The van der Waals surface area contributed by atoms with Crippen LogP contribution in [0.25, 0.3) is 28.3 Å². The highest BCUT2D eigenvalue weighted by atomic mass is 14.3. The predicted molar refractivity (Wildman–Crippen MR) is 151 cm³/mol. The molecule has 1 aliphatic rings. The molecule has 1 aliphatic carbocycles. The van der Waals surface area contributed by atoms with Crippen molar-refractivity contribution in [2.45, 2.75) is 91.4 Å². The maximum absolute atomic E-state index is 2.50. The van der Waals surface area contributed by atoms with Gasteiger partial charge in [0.2, 0.25) is 0 Å². The minimum Gasteiger partial charge on any atom is -0.0654 e. The summed E-state index contributed by atoms with van der Waals surface area (Å²) in [5.41, 5.74) is 13.1. The van der Waals surface area contributed by atoms with E-state index in [4.69, 9.17) is 0 Å². The van der Waals surface area contributed by atoms with E-state index in [1.54, 1.807) is 5.57 Å². The second-order valence-electron chi connectivity index (χ2n) is 12.1. The lowest BCUT2D eigenvalue weighted by atomic mass is 9.84. The predicted octanol–water partition coefficient (Wildman–Crippen LogP) is 10.1. The maximum Gasteiger partial charge on any atom is -0.00514 e. The van der Waals surface area contributed by atoms with Gasteiger partial charge in [-0.15, -0.1) is 0 Å². The molecule has 3 aromatic rings. The van der Waals surface area contributed by atoms with Gasteiger partial charge < -0.3 is 0 Å². The van der Waals surface area contributed by atoms with Crippen molar-refractivity contribution < 1.29 is 0 Å². The zero-order valence-corrected chi connectivity index (χ0v) is 22.4. The van der Waals surface area contributed by atoms with Gasteiger partial charge >= 0.3 is 0 Å². The number of hydrogen-bond acceptors (Lipinski definition) is 0. The van der Waals surface area contributed by atoms with Crippen LogP contribution in [0.2, 0.25) is 0 Å². The first-order valence-electron chi connectivity index (χ1n) is 13.1. The van der Waals surface area contributed by atoms with Crippen molar-refractivity contribution in [2.75, 3.05) is 0 Å². The Bertz CT molecular complexity index is 1160. The highest BCUT2D eigenvalue weighted by Crippen LogP contribution is 2.41. The summed E-state index contributed by atoms with van der Waals surface area (Å²) in [5.74, 6) is 0. The van der Waals surface area contributed by atoms with Crippen molar-refractivity contribution in [1.82, 2.24) is 0 Å². The molecule has 0 saturated carbocycles. The fourth-order valence-electron chi connectivity index (χ4n) is 5.09. The van der Waals surface area contributed by atoms with E-state index >= 15 is 0 Å². The van der Waals surface area contributed by atoms with E-state index < -0.39 is 0 Å². The third-order valence-electron chi connectivity index (χ3n) is 7.33. The first-order valence-corrected chi connectivity index (χ1v) is 13.1. The van der Waals surface area contributed by atoms with E-state index in [-0.39, 0.29) is 10.8 Å². The molecule has 0 nitrogen and oxygen atoms in total. The summed E-state index contributed by atoms with van der Waals surface area (Å²) in [4.78, 5) is 0. The molecule has 4 rings (SSSR count). The lowest BCUT2D eigenvalue weighted by molar-refractivity contribution is 0.590. The number of rotatable bonds is 6. The number of allylic oxidation sites excluding steroid dienone is 1. The molecule has 0 N–H and O–H groups in total. The van der Waals surface area contributed by atoms with Crippen LogP contribution in [-0.4, -0.2) is 0 Å². The molecular formula is C34H42. The summed E-state index contributed by atoms with van der Waals surface area (Å²) in [6.07, 6.45) is 8.69. The summed E-state index contributed by atoms with van der Waals surface area (Å²) in [6, 6.07) is 23.2. The summed E-state index contributed by atoms with van der Waals surface area (Å²) >= 11 is 0. The lowest BCUT2D eigenvalue weighted by Gasteiger charge is -2.20. The number of hydrogen-bond donors (Lipinski definition) is 0. The van der Waals surface area contributed by atoms with E-state index in [1.165, 1.54) is 70.2 Å². The monoisotopic (exact) mass is 450 g/mol. The smallest absolute Gasteiger partial charge is 0.00514 e. The third kappa shape index (κ3) is 5.22. The molecule has 0 unspecified atom stereocenters. The molecule has 0 aliphatic heterocycles. The van der Waals surface area contributed by atoms with E-state index in [0.29, 0.717) is 0 Å². The number of fused-ring (bicyclic) bond motifs is 1. The molecule has 0 bridgehead atoms. The average Bonchev–Trinajstić information content (AvgIpc) is 3.22. The zero-order valence-electron chi connectivity index (χ0n) is 22.4. The van der Waals surface area contributed by atoms with Gasteiger partial charge in [0.05, 0.1) is 0 Å². The average molecular weight is 451 g/mol. The first-order chi connectivity index (χ1) is 16.1. The Morgan fingerprint density at radius 3 is 1.62 bits per heavy atom. The third-order valence-corrected chi connectivity index (χ3v) is 7.33. The van der Waals surface area contributed by atoms with E-state index in [0.717, 1.165) is 6.42 Å². The Hall–Kier alpha value is -2.60. The molecule has 0 spiro atoms. The minimum atomic E-state index is 0.176. The molecule has 178 valence electrons. The topological polar surface area (TPSA) is 0 Å². The molecule has 34 heavy (non-hydrogen) atoms. The fourth-order valence-corrected chi connectivity index (χ4v) is 5.09. The van der Waals surface area contributed by atoms with Crippen LogP contribution in [0.15, 0.2) is 66.2 Å². The number of unbranched alkanes of at least 4 members (excludes halogenated alkanes) is 2. The standard InChI is InChI=1S/C34H42/c1-8-9-10-11-24-22-31-29(25-12-16-27(17-13-25)33(2,3)4)20-21-30(32(31)23-24)26-14-18-28(19-15-26)34(5,6)7/h12-22H,8-11,23H2,1-7H3. The SMILES string of the molecule is CCCCCC1=Cc2c(-c3ccc(C(C)(C)C)cc3)ccc(-c3ccc(C(C)(C)C)cc3)c2C1. The molecule has 3 aromatic carbocycles. The van der Waals surface area contributed by atoms with Gasteiger partial charge in [-0.1, -0.05) is 134 Å². The summed E-state index contributed by atoms with van der Waals surface area (Å²) in [5, 5.41) is 0. The van der Waals surface area contributed by atoms with Gasteiger partial charge in [-0.2, -0.15) is 0 Å². The molecular weight excluding hydrogens is 408 g/mol. The molecule has 0 atom stereocenters. The van der Waals surface area contributed by atoms with Crippen LogP contribution in [0, 0.1) is 0 Å². The highest BCUT2D eigenvalue weighted by Gasteiger charge is 2.22. The van der Waals surface area contributed by atoms with Crippen LogP contribution in [0.5, 0.6) is 0 Å². The van der Waals surface area contributed by atoms with Crippen LogP contribution in [0.3, 0.4) is 0 Å². The largest absolute Gasteiger partial charge is 0.0654 e. The quantitative estimate of drug-likeness (QED) is 0.328. The van der Waals surface area contributed by atoms with Crippen LogP contribution in [-0.2, 0) is 17.3 Å². The molecule has 0 amide bonds. The summed E-state index contributed by atoms with van der Waals surface area (Å²) in [7, 11) is 0. The lowest BCUT2D eigenvalue weighted by Crippen LogP contribution is -2.10. The second kappa shape index (κ2) is 9.57. The van der Waals surface area contributed by atoms with E-state index in [2.05, 4.69) is 115 Å². The molecule has 0 saturated heterocycles. The Morgan fingerprint density at radius 2 is 1.12 bits per heavy atom. The van der Waals surface area contributed by atoms with Crippen LogP contribution < -0.4 is 0 Å². The van der Waals surface area contributed by atoms with Crippen molar-refractivity contribution in [3.05, 3.63) is 88.5 Å². The Labute approximate surface area is 208 Å². The van der Waals surface area contributed by atoms with Crippen molar-refractivity contribution in [3.63, 3.8) is 0 Å². The molecule has 0 fully saturated rings. The molecule has 0 radical (unpaired) electrons. The van der Waals surface area contributed by atoms with E-state index in [9.17, 15) is 0 Å². The van der Waals surface area contributed by atoms with Crippen molar-refractivity contribution in [1.29, 1.82) is 0 Å². The fraction of sp³-hybridized carbons (Fsp3) is 0.412. The summed E-state index contributed by atoms with van der Waals surface area (Å²) in [6.45, 7) is 16.0. The molecule has 0 heterocycles. The van der Waals surface area contributed by atoms with Crippen LogP contribution in [0.1, 0.15) is 96.4 Å². The summed E-state index contributed by atoms with van der Waals surface area (Å²) < 4.78 is 0. The highest BCUT2D eigenvalue weighted by molar-refractivity contribution is 5.87. The van der Waals surface area contributed by atoms with Gasteiger partial charge in [-0.25, -0.2) is 0 Å². The number of benzene rings is 3. The Kier molecular flexibility index (Phi) is 6.90. The minimum absolute atomic E-state index is 0.176.